The van der Waals surface area contributed by atoms with Crippen LogP contribution in [0.2, 0.25) is 0 Å². The van der Waals surface area contributed by atoms with E-state index < -0.39 is 6.36 Å². The van der Waals surface area contributed by atoms with Gasteiger partial charge in [0, 0.05) is 44.6 Å². The molecule has 0 aliphatic carbocycles. The SMILES string of the molecule is FC(F)(F)Oc1cccc(CN2CCNCC2c2ccncc2)c1. The summed E-state index contributed by atoms with van der Waals surface area (Å²) in [6.07, 6.45) is -1.17. The van der Waals surface area contributed by atoms with Crippen LogP contribution < -0.4 is 10.1 Å². The van der Waals surface area contributed by atoms with E-state index in [1.165, 1.54) is 12.1 Å². The van der Waals surface area contributed by atoms with Crippen LogP contribution in [-0.2, 0) is 6.54 Å². The highest BCUT2D eigenvalue weighted by atomic mass is 19.4. The second-order valence-electron chi connectivity index (χ2n) is 5.67. The number of pyridine rings is 1. The van der Waals surface area contributed by atoms with Crippen LogP contribution in [0.4, 0.5) is 13.2 Å². The highest BCUT2D eigenvalue weighted by Crippen LogP contribution is 2.27. The third-order valence-electron chi connectivity index (χ3n) is 3.96. The maximum Gasteiger partial charge on any atom is 0.573 e. The third kappa shape index (κ3) is 4.46. The first-order chi connectivity index (χ1) is 11.5. The molecule has 3 rings (SSSR count). The van der Waals surface area contributed by atoms with Crippen molar-refractivity contribution >= 4 is 0 Å². The molecule has 4 nitrogen and oxygen atoms in total. The molecule has 0 bridgehead atoms. The molecule has 1 atom stereocenters. The van der Waals surface area contributed by atoms with Crippen LogP contribution in [0.5, 0.6) is 5.75 Å². The van der Waals surface area contributed by atoms with Crippen molar-refractivity contribution in [3.05, 3.63) is 59.9 Å². The Morgan fingerprint density at radius 1 is 1.21 bits per heavy atom. The smallest absolute Gasteiger partial charge is 0.406 e. The number of hydrogen-bond donors (Lipinski definition) is 1. The van der Waals surface area contributed by atoms with Crippen LogP contribution in [0.15, 0.2) is 48.8 Å². The number of hydrogen-bond acceptors (Lipinski definition) is 4. The van der Waals surface area contributed by atoms with Crippen molar-refractivity contribution in [2.24, 2.45) is 0 Å². The number of nitrogens with one attached hydrogen (secondary N) is 1. The van der Waals surface area contributed by atoms with Crippen LogP contribution in [-0.4, -0.2) is 35.9 Å². The predicted octanol–water partition coefficient (Wildman–Crippen LogP) is 3.13. The largest absolute Gasteiger partial charge is 0.573 e. The molecule has 0 amide bonds. The molecular weight excluding hydrogens is 319 g/mol. The van der Waals surface area contributed by atoms with E-state index in [4.69, 9.17) is 0 Å². The third-order valence-corrected chi connectivity index (χ3v) is 3.96. The quantitative estimate of drug-likeness (QED) is 0.930. The minimum absolute atomic E-state index is 0.161. The molecule has 24 heavy (non-hydrogen) atoms. The summed E-state index contributed by atoms with van der Waals surface area (Å²) < 4.78 is 41.1. The Hall–Kier alpha value is -2.12. The van der Waals surface area contributed by atoms with Crippen LogP contribution in [0.1, 0.15) is 17.2 Å². The van der Waals surface area contributed by atoms with Gasteiger partial charge in [0.1, 0.15) is 5.75 Å². The molecule has 1 aromatic heterocycles. The summed E-state index contributed by atoms with van der Waals surface area (Å²) in [7, 11) is 0. The maximum absolute atomic E-state index is 12.4. The number of aromatic nitrogens is 1. The summed E-state index contributed by atoms with van der Waals surface area (Å²) >= 11 is 0. The minimum atomic E-state index is -4.67. The van der Waals surface area contributed by atoms with Crippen LogP contribution >= 0.6 is 0 Å². The normalized spacial score (nSPS) is 19.2. The van der Waals surface area contributed by atoms with Gasteiger partial charge in [-0.3, -0.25) is 9.88 Å². The van der Waals surface area contributed by atoms with Crippen molar-refractivity contribution in [3.8, 4) is 5.75 Å². The molecule has 0 saturated carbocycles. The molecule has 1 unspecified atom stereocenters. The van der Waals surface area contributed by atoms with Gasteiger partial charge in [-0.15, -0.1) is 13.2 Å². The van der Waals surface area contributed by atoms with Crippen molar-refractivity contribution < 1.29 is 17.9 Å². The molecule has 1 aliphatic rings. The van der Waals surface area contributed by atoms with E-state index in [-0.39, 0.29) is 11.8 Å². The number of nitrogens with zero attached hydrogens (tertiary/aromatic N) is 2. The summed E-state index contributed by atoms with van der Waals surface area (Å²) in [5.74, 6) is -0.185. The number of halogens is 3. The first kappa shape index (κ1) is 16.7. The fourth-order valence-electron chi connectivity index (χ4n) is 2.93. The lowest BCUT2D eigenvalue weighted by Gasteiger charge is -2.36. The average Bonchev–Trinajstić information content (AvgIpc) is 2.55. The van der Waals surface area contributed by atoms with E-state index in [2.05, 4.69) is 19.9 Å². The Balaban J connectivity index is 1.75. The van der Waals surface area contributed by atoms with Crippen molar-refractivity contribution in [2.75, 3.05) is 19.6 Å². The van der Waals surface area contributed by atoms with Gasteiger partial charge < -0.3 is 10.1 Å². The van der Waals surface area contributed by atoms with Gasteiger partial charge in [0.2, 0.25) is 0 Å². The molecule has 2 heterocycles. The van der Waals surface area contributed by atoms with E-state index >= 15 is 0 Å². The van der Waals surface area contributed by atoms with Crippen LogP contribution in [0.25, 0.3) is 0 Å². The molecule has 1 saturated heterocycles. The topological polar surface area (TPSA) is 37.4 Å². The van der Waals surface area contributed by atoms with Crippen LogP contribution in [0, 0.1) is 0 Å². The summed E-state index contributed by atoms with van der Waals surface area (Å²) in [6.45, 7) is 3.02. The lowest BCUT2D eigenvalue weighted by atomic mass is 10.0. The fraction of sp³-hybridized carbons (Fsp3) is 0.353. The van der Waals surface area contributed by atoms with Gasteiger partial charge in [-0.05, 0) is 35.4 Å². The number of rotatable bonds is 4. The number of alkyl halides is 3. The van der Waals surface area contributed by atoms with E-state index in [0.29, 0.717) is 6.54 Å². The summed E-state index contributed by atoms with van der Waals surface area (Å²) in [6, 6.07) is 10.2. The summed E-state index contributed by atoms with van der Waals surface area (Å²) in [5, 5.41) is 3.36. The Bertz CT molecular complexity index is 664. The van der Waals surface area contributed by atoms with E-state index in [1.807, 2.05) is 18.2 Å². The standard InChI is InChI=1S/C17H18F3N3O/c18-17(19,20)24-15-3-1-2-13(10-15)12-23-9-8-22-11-16(23)14-4-6-21-7-5-14/h1-7,10,16,22H,8-9,11-12H2. The number of benzene rings is 1. The number of ether oxygens (including phenoxy) is 1. The van der Waals surface area contributed by atoms with Crippen molar-refractivity contribution in [2.45, 2.75) is 18.9 Å². The lowest BCUT2D eigenvalue weighted by molar-refractivity contribution is -0.274. The van der Waals surface area contributed by atoms with Crippen LogP contribution in [0.3, 0.4) is 0 Å². The molecule has 1 aliphatic heterocycles. The fourth-order valence-corrected chi connectivity index (χ4v) is 2.93. The average molecular weight is 337 g/mol. The molecule has 128 valence electrons. The van der Waals surface area contributed by atoms with E-state index in [0.717, 1.165) is 30.8 Å². The van der Waals surface area contributed by atoms with E-state index in [1.54, 1.807) is 18.5 Å². The molecule has 1 aromatic carbocycles. The van der Waals surface area contributed by atoms with Crippen molar-refractivity contribution in [1.82, 2.24) is 15.2 Å². The number of piperazine rings is 1. The highest BCUT2D eigenvalue weighted by molar-refractivity contribution is 5.29. The van der Waals surface area contributed by atoms with Crippen molar-refractivity contribution in [1.29, 1.82) is 0 Å². The summed E-state index contributed by atoms with van der Waals surface area (Å²) in [4.78, 5) is 6.28. The molecule has 7 heteroatoms. The second kappa shape index (κ2) is 7.19. The Morgan fingerprint density at radius 3 is 2.75 bits per heavy atom. The Morgan fingerprint density at radius 2 is 2.00 bits per heavy atom. The zero-order valence-electron chi connectivity index (χ0n) is 13.0. The minimum Gasteiger partial charge on any atom is -0.406 e. The molecule has 0 spiro atoms. The van der Waals surface area contributed by atoms with Gasteiger partial charge in [-0.25, -0.2) is 0 Å². The zero-order valence-corrected chi connectivity index (χ0v) is 13.0. The lowest BCUT2D eigenvalue weighted by Crippen LogP contribution is -2.45. The first-order valence-electron chi connectivity index (χ1n) is 7.71. The van der Waals surface area contributed by atoms with Crippen molar-refractivity contribution in [3.63, 3.8) is 0 Å². The molecule has 2 aromatic rings. The molecule has 0 radical (unpaired) electrons. The molecule has 1 fully saturated rings. The first-order valence-corrected chi connectivity index (χ1v) is 7.71. The van der Waals surface area contributed by atoms with Gasteiger partial charge in [-0.1, -0.05) is 12.1 Å². The van der Waals surface area contributed by atoms with Gasteiger partial charge in [0.05, 0.1) is 0 Å². The zero-order chi connectivity index (χ0) is 17.0. The van der Waals surface area contributed by atoms with Gasteiger partial charge >= 0.3 is 6.36 Å². The second-order valence-corrected chi connectivity index (χ2v) is 5.67. The van der Waals surface area contributed by atoms with E-state index in [9.17, 15) is 13.2 Å². The molecular formula is C17H18F3N3O. The highest BCUT2D eigenvalue weighted by Gasteiger charge is 2.31. The Kier molecular flexibility index (Phi) is 5.01. The van der Waals surface area contributed by atoms with Gasteiger partial charge in [-0.2, -0.15) is 0 Å². The maximum atomic E-state index is 12.4. The monoisotopic (exact) mass is 337 g/mol. The van der Waals surface area contributed by atoms with Gasteiger partial charge in [0.15, 0.2) is 0 Å². The predicted molar refractivity (Wildman–Crippen MR) is 83.4 cm³/mol. The van der Waals surface area contributed by atoms with Gasteiger partial charge in [0.25, 0.3) is 0 Å². The molecule has 1 N–H and O–H groups in total. The summed E-state index contributed by atoms with van der Waals surface area (Å²) in [5.41, 5.74) is 1.93. The Labute approximate surface area is 138 Å².